The first-order valence-electron chi connectivity index (χ1n) is 19.1. The van der Waals surface area contributed by atoms with Crippen LogP contribution in [0, 0.1) is 5.92 Å². The van der Waals surface area contributed by atoms with Gasteiger partial charge in [0.2, 0.25) is 0 Å². The second-order valence-electron chi connectivity index (χ2n) is 14.3. The SMILES string of the molecule is CCCCCCCCCCCCCCCCCCOCC(COP(=O)(O)OC(C)c1cccc([N+]23CCC(CC2)CC3)c1)OC(C)=O. The minimum absolute atomic E-state index is 0.108. The molecule has 8 nitrogen and oxygen atoms in total. The zero-order chi connectivity index (χ0) is 33.8. The molecule has 0 aliphatic carbocycles. The summed E-state index contributed by atoms with van der Waals surface area (Å²) in [6, 6.07) is 8.22. The molecule has 3 unspecified atom stereocenters. The van der Waals surface area contributed by atoms with Gasteiger partial charge >= 0.3 is 13.8 Å². The van der Waals surface area contributed by atoms with Crippen molar-refractivity contribution in [1.29, 1.82) is 0 Å². The summed E-state index contributed by atoms with van der Waals surface area (Å²) in [5.41, 5.74) is 2.10. The third kappa shape index (κ3) is 15.9. The monoisotopic (exact) mass is 680 g/mol. The fourth-order valence-corrected chi connectivity index (χ4v) is 8.24. The summed E-state index contributed by atoms with van der Waals surface area (Å²) in [4.78, 5) is 22.2. The van der Waals surface area contributed by atoms with E-state index in [4.69, 9.17) is 18.5 Å². The van der Waals surface area contributed by atoms with E-state index in [1.54, 1.807) is 6.92 Å². The minimum atomic E-state index is -4.41. The fourth-order valence-electron chi connectivity index (χ4n) is 7.30. The molecule has 0 radical (unpaired) electrons. The number of esters is 1. The van der Waals surface area contributed by atoms with Gasteiger partial charge in [0.1, 0.15) is 11.8 Å². The maximum atomic E-state index is 12.9. The predicted molar refractivity (Wildman–Crippen MR) is 191 cm³/mol. The lowest BCUT2D eigenvalue weighted by atomic mass is 9.85. The molecule has 0 saturated carbocycles. The van der Waals surface area contributed by atoms with E-state index in [0.29, 0.717) is 6.61 Å². The van der Waals surface area contributed by atoms with Crippen molar-refractivity contribution < 1.29 is 32.8 Å². The molecular weight excluding hydrogens is 613 g/mol. The van der Waals surface area contributed by atoms with Crippen LogP contribution in [0.15, 0.2) is 24.3 Å². The molecule has 3 fully saturated rings. The van der Waals surface area contributed by atoms with Crippen molar-refractivity contribution in [3.63, 3.8) is 0 Å². The highest BCUT2D eigenvalue weighted by Crippen LogP contribution is 2.48. The number of piperidine rings is 3. The third-order valence-electron chi connectivity index (χ3n) is 10.3. The molecular formula is C38H67NO7P+. The Labute approximate surface area is 286 Å². The first kappa shape index (κ1) is 40.2. The molecule has 3 saturated heterocycles. The van der Waals surface area contributed by atoms with E-state index in [0.717, 1.165) is 48.4 Å². The Hall–Kier alpha value is -1.28. The highest BCUT2D eigenvalue weighted by molar-refractivity contribution is 7.47. The zero-order valence-corrected chi connectivity index (χ0v) is 30.9. The maximum Gasteiger partial charge on any atom is 0.472 e. The van der Waals surface area contributed by atoms with E-state index >= 15 is 0 Å². The smallest absolute Gasteiger partial charge is 0.458 e. The van der Waals surface area contributed by atoms with Gasteiger partial charge in [-0.2, -0.15) is 0 Å². The molecule has 0 aromatic heterocycles. The summed E-state index contributed by atoms with van der Waals surface area (Å²) in [6.45, 7) is 9.20. The van der Waals surface area contributed by atoms with E-state index in [1.165, 1.54) is 122 Å². The van der Waals surface area contributed by atoms with Gasteiger partial charge in [-0.3, -0.25) is 18.3 Å². The van der Waals surface area contributed by atoms with E-state index < -0.39 is 26.0 Å². The number of hydrogen-bond acceptors (Lipinski definition) is 6. The van der Waals surface area contributed by atoms with Gasteiger partial charge in [0.25, 0.3) is 0 Å². The molecule has 270 valence electrons. The van der Waals surface area contributed by atoms with E-state index in [2.05, 4.69) is 19.1 Å². The van der Waals surface area contributed by atoms with Crippen LogP contribution < -0.4 is 4.48 Å². The molecule has 2 bridgehead atoms. The summed E-state index contributed by atoms with van der Waals surface area (Å²) in [5.74, 6) is 0.385. The predicted octanol–water partition coefficient (Wildman–Crippen LogP) is 10.2. The zero-order valence-electron chi connectivity index (χ0n) is 30.0. The van der Waals surface area contributed by atoms with Crippen LogP contribution in [0.3, 0.4) is 0 Å². The number of rotatable bonds is 27. The number of nitrogens with zero attached hydrogens (tertiary/aromatic N) is 1. The van der Waals surface area contributed by atoms with Gasteiger partial charge in [-0.05, 0) is 30.9 Å². The summed E-state index contributed by atoms with van der Waals surface area (Å²) >= 11 is 0. The molecule has 3 heterocycles. The quantitative estimate of drug-likeness (QED) is 0.0428. The molecule has 1 N–H and O–H groups in total. The summed E-state index contributed by atoms with van der Waals surface area (Å²) in [6.07, 6.45) is 23.4. The van der Waals surface area contributed by atoms with Crippen molar-refractivity contribution >= 4 is 19.5 Å². The number of hydrogen-bond donors (Lipinski definition) is 1. The van der Waals surface area contributed by atoms with Crippen LogP contribution in [0.1, 0.15) is 154 Å². The Morgan fingerprint density at radius 3 is 1.91 bits per heavy atom. The Morgan fingerprint density at radius 1 is 0.851 bits per heavy atom. The molecule has 1 aromatic carbocycles. The number of fused-ring (bicyclic) bond motifs is 3. The first-order valence-corrected chi connectivity index (χ1v) is 20.6. The molecule has 9 heteroatoms. The number of carbonyl (C=O) groups excluding carboxylic acids is 1. The molecule has 3 atom stereocenters. The van der Waals surface area contributed by atoms with Crippen LogP contribution in [-0.4, -0.2) is 56.4 Å². The van der Waals surface area contributed by atoms with Crippen LogP contribution >= 0.6 is 7.82 Å². The number of unbranched alkanes of at least 4 members (excludes halogenated alkanes) is 15. The van der Waals surface area contributed by atoms with Gasteiger partial charge in [-0.1, -0.05) is 115 Å². The highest BCUT2D eigenvalue weighted by atomic mass is 31.2. The summed E-state index contributed by atoms with van der Waals surface area (Å²) in [7, 11) is -4.41. The van der Waals surface area contributed by atoms with E-state index in [-0.39, 0.29) is 13.2 Å². The van der Waals surface area contributed by atoms with Crippen molar-refractivity contribution in [2.24, 2.45) is 5.92 Å². The fraction of sp³-hybridized carbons (Fsp3) is 0.816. The highest BCUT2D eigenvalue weighted by Gasteiger charge is 2.41. The van der Waals surface area contributed by atoms with Gasteiger partial charge < -0.3 is 14.4 Å². The van der Waals surface area contributed by atoms with Gasteiger partial charge in [0.15, 0.2) is 0 Å². The summed E-state index contributed by atoms with van der Waals surface area (Å²) in [5, 5.41) is 0. The van der Waals surface area contributed by atoms with Crippen LogP contribution in [0.25, 0.3) is 0 Å². The standard InChI is InChI=1S/C38H66NO7P/c1-4-5-6-7-8-9-10-11-12-13-14-15-16-17-18-19-29-43-31-38(45-34(3)40)32-44-47(41,42)46-33(2)36-21-20-22-37(30-36)39-26-23-35(24-27-39)25-28-39/h20-22,30,33,35,38H,4-19,23-29,31-32H2,1-3H3/p+1. The molecule has 1 aromatic rings. The molecule has 4 rings (SSSR count). The average Bonchev–Trinajstić information content (AvgIpc) is 3.07. The van der Waals surface area contributed by atoms with Gasteiger partial charge in [0, 0.05) is 38.9 Å². The number of quaternary nitrogens is 1. The largest absolute Gasteiger partial charge is 0.472 e. The summed E-state index contributed by atoms with van der Waals surface area (Å²) < 4.78 is 35.8. The first-order chi connectivity index (χ1) is 22.7. The van der Waals surface area contributed by atoms with Crippen molar-refractivity contribution in [2.45, 2.75) is 155 Å². The molecule has 0 spiro atoms. The topological polar surface area (TPSA) is 91.3 Å². The Kier molecular flexibility index (Phi) is 19.2. The van der Waals surface area contributed by atoms with Crippen molar-refractivity contribution in [3.05, 3.63) is 29.8 Å². The van der Waals surface area contributed by atoms with Crippen LogP contribution in [0.4, 0.5) is 5.69 Å². The number of benzene rings is 1. The Bertz CT molecular complexity index is 1030. The van der Waals surface area contributed by atoms with Gasteiger partial charge in [-0.25, -0.2) is 4.57 Å². The number of phosphoric acid groups is 1. The molecule has 3 aliphatic rings. The molecule has 3 aliphatic heterocycles. The maximum absolute atomic E-state index is 12.9. The van der Waals surface area contributed by atoms with Crippen molar-refractivity contribution in [1.82, 2.24) is 4.48 Å². The van der Waals surface area contributed by atoms with Crippen LogP contribution in [0.2, 0.25) is 0 Å². The van der Waals surface area contributed by atoms with E-state index in [1.807, 2.05) is 12.1 Å². The second kappa shape index (κ2) is 22.4. The lowest BCUT2D eigenvalue weighted by Gasteiger charge is -2.48. The van der Waals surface area contributed by atoms with Crippen LogP contribution in [-0.2, 0) is 27.9 Å². The van der Waals surface area contributed by atoms with Gasteiger partial charge in [-0.15, -0.1) is 0 Å². The molecule has 0 amide bonds. The Balaban J connectivity index is 1.25. The van der Waals surface area contributed by atoms with Crippen molar-refractivity contribution in [2.75, 3.05) is 39.5 Å². The van der Waals surface area contributed by atoms with E-state index in [9.17, 15) is 14.3 Å². The number of phosphoric ester groups is 1. The third-order valence-corrected chi connectivity index (χ3v) is 11.3. The molecule has 47 heavy (non-hydrogen) atoms. The lowest BCUT2D eigenvalue weighted by Crippen LogP contribution is -2.59. The normalized spacial score (nSPS) is 21.7. The van der Waals surface area contributed by atoms with Gasteiger partial charge in [0.05, 0.1) is 39.0 Å². The average molecular weight is 681 g/mol. The van der Waals surface area contributed by atoms with Crippen molar-refractivity contribution in [3.8, 4) is 0 Å². The number of carbonyl (C=O) groups is 1. The minimum Gasteiger partial charge on any atom is -0.458 e. The Morgan fingerprint density at radius 2 is 1.38 bits per heavy atom. The number of ether oxygens (including phenoxy) is 2. The van der Waals surface area contributed by atoms with Crippen LogP contribution in [0.5, 0.6) is 0 Å². The lowest BCUT2D eigenvalue weighted by molar-refractivity contribution is -0.151. The second-order valence-corrected chi connectivity index (χ2v) is 15.7.